The summed E-state index contributed by atoms with van der Waals surface area (Å²) in [5.41, 5.74) is 0.0417. The molecule has 4 aliphatic carbocycles. The maximum atomic E-state index is 12.5. The summed E-state index contributed by atoms with van der Waals surface area (Å²) in [6.07, 6.45) is 6.62. The van der Waals surface area contributed by atoms with Gasteiger partial charge in [-0.1, -0.05) is 20.8 Å². The fourth-order valence-electron chi connectivity index (χ4n) is 8.71. The topological polar surface area (TPSA) is 43.4 Å². The van der Waals surface area contributed by atoms with Crippen LogP contribution < -0.4 is 0 Å². The lowest BCUT2D eigenvalue weighted by Crippen LogP contribution is -2.65. The number of alkyl halides is 2. The Kier molecular flexibility index (Phi) is 5.39. The van der Waals surface area contributed by atoms with Gasteiger partial charge in [0.25, 0.3) is 0 Å². The summed E-state index contributed by atoms with van der Waals surface area (Å²) in [5.74, 6) is 2.37. The van der Waals surface area contributed by atoms with Crippen molar-refractivity contribution in [1.82, 2.24) is 0 Å². The van der Waals surface area contributed by atoms with Crippen LogP contribution in [0.5, 0.6) is 0 Å². The quantitative estimate of drug-likeness (QED) is 0.389. The summed E-state index contributed by atoms with van der Waals surface area (Å²) in [7, 11) is 0. The number of hydrogen-bond donors (Lipinski definition) is 0. The Morgan fingerprint density at radius 2 is 1.72 bits per heavy atom. The van der Waals surface area contributed by atoms with E-state index < -0.39 is 4.87 Å². The van der Waals surface area contributed by atoms with Crippen molar-refractivity contribution in [3.63, 3.8) is 0 Å². The summed E-state index contributed by atoms with van der Waals surface area (Å²) >= 11 is 14.4. The molecule has 4 rings (SSSR count). The van der Waals surface area contributed by atoms with Gasteiger partial charge in [-0.05, 0) is 80.0 Å². The minimum Gasteiger partial charge on any atom is -0.462 e. The molecule has 0 N–H and O–H groups in total. The lowest BCUT2D eigenvalue weighted by molar-refractivity contribution is -0.157. The highest BCUT2D eigenvalue weighted by molar-refractivity contribution is 6.33. The van der Waals surface area contributed by atoms with E-state index in [0.29, 0.717) is 35.9 Å². The van der Waals surface area contributed by atoms with E-state index in [9.17, 15) is 9.59 Å². The Morgan fingerprint density at radius 1 is 1.03 bits per heavy atom. The van der Waals surface area contributed by atoms with Gasteiger partial charge in [-0.3, -0.25) is 9.59 Å². The maximum absolute atomic E-state index is 12.5. The molecule has 4 saturated carbocycles. The minimum absolute atomic E-state index is 0.0561. The highest BCUT2D eigenvalue weighted by atomic mass is 35.5. The van der Waals surface area contributed by atoms with E-state index in [-0.39, 0.29) is 34.2 Å². The number of hydrogen-bond acceptors (Lipinski definition) is 3. The molecule has 0 radical (unpaired) electrons. The number of Topliss-reactive ketones (excluding diaryl/α,β-unsaturated/α-hetero) is 1. The van der Waals surface area contributed by atoms with Crippen LogP contribution in [-0.4, -0.2) is 28.1 Å². The molecule has 29 heavy (non-hydrogen) atoms. The normalized spacial score (nSPS) is 54.1. The van der Waals surface area contributed by atoms with Crippen molar-refractivity contribution in [2.24, 2.45) is 40.4 Å². The van der Waals surface area contributed by atoms with E-state index in [0.717, 1.165) is 38.5 Å². The summed E-state index contributed by atoms with van der Waals surface area (Å²) in [6, 6.07) is 0. The van der Waals surface area contributed by atoms with Gasteiger partial charge in [0.05, 0.1) is 10.3 Å². The molecule has 0 spiro atoms. The van der Waals surface area contributed by atoms with Crippen molar-refractivity contribution >= 4 is 35.0 Å². The van der Waals surface area contributed by atoms with Crippen molar-refractivity contribution < 1.29 is 14.3 Å². The van der Waals surface area contributed by atoms with Gasteiger partial charge in [0.15, 0.2) is 0 Å². The van der Waals surface area contributed by atoms with E-state index >= 15 is 0 Å². The molecule has 5 heteroatoms. The number of halogens is 2. The highest BCUT2D eigenvalue weighted by Crippen LogP contribution is 2.71. The van der Waals surface area contributed by atoms with Crippen molar-refractivity contribution in [3.8, 4) is 0 Å². The van der Waals surface area contributed by atoms with Crippen LogP contribution in [0.3, 0.4) is 0 Å². The van der Waals surface area contributed by atoms with Crippen LogP contribution in [0, 0.1) is 40.4 Å². The standard InChI is InChI=1S/C24H36Cl2O3/c1-13-10-19-17-11-20(25)24(26)12-16(29-15(3)28)6-9-23(24,5)18(17)7-8-22(19,4)21(13)14(2)27/h13,16-21H,6-12H2,1-5H3/t13-,16-,17-,18-,19+,20+,21+,22+,23-,24+/m1/s1. The van der Waals surface area contributed by atoms with Crippen LogP contribution in [-0.2, 0) is 14.3 Å². The van der Waals surface area contributed by atoms with Crippen LogP contribution in [0.4, 0.5) is 0 Å². The van der Waals surface area contributed by atoms with Crippen LogP contribution in [0.15, 0.2) is 0 Å². The summed E-state index contributed by atoms with van der Waals surface area (Å²) in [5, 5.41) is -0.136. The van der Waals surface area contributed by atoms with Crippen LogP contribution in [0.25, 0.3) is 0 Å². The van der Waals surface area contributed by atoms with E-state index in [2.05, 4.69) is 20.8 Å². The molecule has 0 saturated heterocycles. The maximum Gasteiger partial charge on any atom is 0.302 e. The summed E-state index contributed by atoms with van der Waals surface area (Å²) < 4.78 is 5.56. The summed E-state index contributed by atoms with van der Waals surface area (Å²) in [6.45, 7) is 10.2. The number of carbonyl (C=O) groups is 2. The molecule has 0 bridgehead atoms. The first kappa shape index (κ1) is 21.9. The average molecular weight is 443 g/mol. The second-order valence-electron chi connectivity index (χ2n) is 11.2. The third-order valence-electron chi connectivity index (χ3n) is 9.80. The third kappa shape index (κ3) is 3.04. The molecule has 0 aliphatic heterocycles. The first-order valence-electron chi connectivity index (χ1n) is 11.4. The molecule has 0 aromatic heterocycles. The van der Waals surface area contributed by atoms with Crippen molar-refractivity contribution in [2.75, 3.05) is 0 Å². The number of esters is 1. The monoisotopic (exact) mass is 442 g/mol. The fourth-order valence-corrected chi connectivity index (χ4v) is 9.75. The summed E-state index contributed by atoms with van der Waals surface area (Å²) in [4.78, 5) is 23.5. The molecule has 10 atom stereocenters. The number of ketones is 1. The lowest BCUT2D eigenvalue weighted by atomic mass is 9.44. The van der Waals surface area contributed by atoms with E-state index in [1.165, 1.54) is 6.92 Å². The van der Waals surface area contributed by atoms with Gasteiger partial charge in [0, 0.05) is 19.3 Å². The predicted octanol–water partition coefficient (Wildman–Crippen LogP) is 5.99. The molecular formula is C24H36Cl2O3. The molecule has 0 unspecified atom stereocenters. The second-order valence-corrected chi connectivity index (χ2v) is 12.4. The Labute approximate surface area is 185 Å². The minimum atomic E-state index is -0.536. The van der Waals surface area contributed by atoms with Crippen molar-refractivity contribution in [3.05, 3.63) is 0 Å². The zero-order valence-electron chi connectivity index (χ0n) is 18.5. The Morgan fingerprint density at radius 3 is 2.34 bits per heavy atom. The molecular weight excluding hydrogens is 407 g/mol. The Hall–Kier alpha value is -0.280. The highest BCUT2D eigenvalue weighted by Gasteiger charge is 2.68. The molecule has 0 heterocycles. The van der Waals surface area contributed by atoms with Crippen molar-refractivity contribution in [2.45, 2.75) is 95.9 Å². The third-order valence-corrected chi connectivity index (χ3v) is 11.3. The van der Waals surface area contributed by atoms with E-state index in [1.807, 2.05) is 0 Å². The van der Waals surface area contributed by atoms with Gasteiger partial charge < -0.3 is 4.74 Å². The zero-order chi connectivity index (χ0) is 21.4. The Balaban J connectivity index is 1.65. The Bertz CT molecular complexity index is 710. The van der Waals surface area contributed by atoms with Gasteiger partial charge in [-0.25, -0.2) is 0 Å². The second kappa shape index (κ2) is 7.12. The lowest BCUT2D eigenvalue weighted by Gasteiger charge is -2.65. The van der Waals surface area contributed by atoms with Gasteiger partial charge in [-0.15, -0.1) is 23.2 Å². The average Bonchev–Trinajstić information content (AvgIpc) is 2.87. The molecule has 3 nitrogen and oxygen atoms in total. The van der Waals surface area contributed by atoms with E-state index in [4.69, 9.17) is 27.9 Å². The predicted molar refractivity (Wildman–Crippen MR) is 116 cm³/mol. The molecule has 4 fully saturated rings. The van der Waals surface area contributed by atoms with Crippen LogP contribution >= 0.6 is 23.2 Å². The first-order valence-corrected chi connectivity index (χ1v) is 12.3. The number of rotatable bonds is 2. The van der Waals surface area contributed by atoms with Crippen LogP contribution in [0.2, 0.25) is 0 Å². The fraction of sp³-hybridized carbons (Fsp3) is 0.917. The molecule has 0 amide bonds. The van der Waals surface area contributed by atoms with Gasteiger partial charge in [0.1, 0.15) is 11.9 Å². The largest absolute Gasteiger partial charge is 0.462 e. The van der Waals surface area contributed by atoms with E-state index in [1.54, 1.807) is 6.92 Å². The molecule has 0 aromatic rings. The SMILES string of the molecule is CC(=O)O[C@@H]1CC[C@]2(C)[C@@H]3CC[C@]4(C)[C@H](C(C)=O)[C@H](C)C[C@H]4[C@@H]3C[C@H](Cl)[C@@]2(Cl)C1. The first-order chi connectivity index (χ1) is 13.4. The smallest absolute Gasteiger partial charge is 0.302 e. The number of carbonyl (C=O) groups excluding carboxylic acids is 2. The molecule has 164 valence electrons. The number of fused-ring (bicyclic) bond motifs is 5. The van der Waals surface area contributed by atoms with Gasteiger partial charge in [-0.2, -0.15) is 0 Å². The van der Waals surface area contributed by atoms with Crippen LogP contribution in [0.1, 0.15) is 79.6 Å². The molecule has 4 aliphatic rings. The molecule has 0 aromatic carbocycles. The zero-order valence-corrected chi connectivity index (χ0v) is 20.0. The number of ether oxygens (including phenoxy) is 1. The van der Waals surface area contributed by atoms with Crippen molar-refractivity contribution in [1.29, 1.82) is 0 Å². The van der Waals surface area contributed by atoms with Gasteiger partial charge in [0.2, 0.25) is 0 Å². The van der Waals surface area contributed by atoms with Gasteiger partial charge >= 0.3 is 5.97 Å².